The summed E-state index contributed by atoms with van der Waals surface area (Å²) in [5.41, 5.74) is 2.42. The third-order valence-electron chi connectivity index (χ3n) is 2.59. The van der Waals surface area contributed by atoms with Crippen molar-refractivity contribution in [1.29, 1.82) is 5.26 Å². The second-order valence-corrected chi connectivity index (χ2v) is 3.74. The summed E-state index contributed by atoms with van der Waals surface area (Å²) < 4.78 is 0. The second kappa shape index (κ2) is 4.99. The van der Waals surface area contributed by atoms with Crippen LogP contribution in [0.15, 0.2) is 48.5 Å². The van der Waals surface area contributed by atoms with Crippen molar-refractivity contribution in [2.24, 2.45) is 0 Å². The number of ketones is 1. The number of hydrogen-bond acceptors (Lipinski definition) is 2. The van der Waals surface area contributed by atoms with Gasteiger partial charge >= 0.3 is 0 Å². The average molecular weight is 231 g/mol. The third-order valence-corrected chi connectivity index (χ3v) is 2.59. The van der Waals surface area contributed by atoms with Crippen LogP contribution < -0.4 is 0 Å². The summed E-state index contributed by atoms with van der Waals surface area (Å²) in [6, 6.07) is 15.4. The van der Waals surface area contributed by atoms with Crippen LogP contribution in [0.5, 0.6) is 0 Å². The van der Waals surface area contributed by atoms with Gasteiger partial charge in [0.15, 0.2) is 5.78 Å². The van der Waals surface area contributed by atoms with Gasteiger partial charge in [-0.2, -0.15) is 5.26 Å². The maximum Gasteiger partial charge on any atom is 0.193 e. The summed E-state index contributed by atoms with van der Waals surface area (Å²) in [6.07, 6.45) is 5.25. The average Bonchev–Trinajstić information content (AvgIpc) is 2.47. The molecular weight excluding hydrogens is 222 g/mol. The SMILES string of the molecule is C#Cc1ccc(C(=O)c2ccc(C#N)cc2)cc1. The maximum absolute atomic E-state index is 12.1. The van der Waals surface area contributed by atoms with Crippen molar-refractivity contribution in [3.63, 3.8) is 0 Å². The lowest BCUT2D eigenvalue weighted by molar-refractivity contribution is 0.103. The normalized spacial score (nSPS) is 9.22. The molecule has 84 valence electrons. The van der Waals surface area contributed by atoms with E-state index in [2.05, 4.69) is 5.92 Å². The highest BCUT2D eigenvalue weighted by Gasteiger charge is 2.08. The molecule has 2 nitrogen and oxygen atoms in total. The van der Waals surface area contributed by atoms with Crippen molar-refractivity contribution in [3.05, 3.63) is 70.8 Å². The van der Waals surface area contributed by atoms with Crippen LogP contribution in [0, 0.1) is 23.7 Å². The molecule has 2 aromatic carbocycles. The molecule has 0 amide bonds. The van der Waals surface area contributed by atoms with Gasteiger partial charge in [0, 0.05) is 16.7 Å². The van der Waals surface area contributed by atoms with E-state index in [9.17, 15) is 4.79 Å². The van der Waals surface area contributed by atoms with Crippen LogP contribution in [0.4, 0.5) is 0 Å². The van der Waals surface area contributed by atoms with Crippen LogP contribution in [0.25, 0.3) is 0 Å². The molecule has 0 saturated heterocycles. The predicted molar refractivity (Wildman–Crippen MR) is 69.0 cm³/mol. The fourth-order valence-electron chi connectivity index (χ4n) is 1.58. The Kier molecular flexibility index (Phi) is 3.23. The number of rotatable bonds is 2. The molecular formula is C16H9NO. The van der Waals surface area contributed by atoms with E-state index in [0.717, 1.165) is 5.56 Å². The van der Waals surface area contributed by atoms with Crippen molar-refractivity contribution in [3.8, 4) is 18.4 Å². The fraction of sp³-hybridized carbons (Fsp3) is 0. The topological polar surface area (TPSA) is 40.9 Å². The number of nitriles is 1. The van der Waals surface area contributed by atoms with Gasteiger partial charge in [-0.05, 0) is 48.5 Å². The molecule has 2 rings (SSSR count). The van der Waals surface area contributed by atoms with Crippen LogP contribution in [0.3, 0.4) is 0 Å². The van der Waals surface area contributed by atoms with Crippen molar-refractivity contribution in [1.82, 2.24) is 0 Å². The lowest BCUT2D eigenvalue weighted by Crippen LogP contribution is -2.00. The Balaban J connectivity index is 2.30. The van der Waals surface area contributed by atoms with Crippen LogP contribution in [-0.2, 0) is 0 Å². The molecule has 0 bridgehead atoms. The minimum Gasteiger partial charge on any atom is -0.289 e. The summed E-state index contributed by atoms with van der Waals surface area (Å²) >= 11 is 0. The Morgan fingerprint density at radius 3 is 1.72 bits per heavy atom. The fourth-order valence-corrected chi connectivity index (χ4v) is 1.58. The molecule has 0 N–H and O–H groups in total. The molecule has 0 saturated carbocycles. The molecule has 2 heteroatoms. The molecule has 2 aromatic rings. The first kappa shape index (κ1) is 11.6. The summed E-state index contributed by atoms with van der Waals surface area (Å²) in [4.78, 5) is 12.1. The Bertz CT molecular complexity index is 593. The van der Waals surface area contributed by atoms with Gasteiger partial charge < -0.3 is 0 Å². The van der Waals surface area contributed by atoms with Gasteiger partial charge in [0.2, 0.25) is 0 Å². The van der Waals surface area contributed by atoms with E-state index in [1.165, 1.54) is 0 Å². The zero-order valence-corrected chi connectivity index (χ0v) is 9.55. The molecule has 0 aliphatic carbocycles. The summed E-state index contributed by atoms with van der Waals surface area (Å²) in [5, 5.41) is 8.69. The van der Waals surface area contributed by atoms with Gasteiger partial charge in [-0.15, -0.1) is 6.42 Å². The number of carbonyl (C=O) groups excluding carboxylic acids is 1. The molecule has 0 spiro atoms. The van der Waals surface area contributed by atoms with Crippen LogP contribution in [0.2, 0.25) is 0 Å². The maximum atomic E-state index is 12.1. The minimum absolute atomic E-state index is 0.0805. The summed E-state index contributed by atoms with van der Waals surface area (Å²) in [7, 11) is 0. The highest BCUT2D eigenvalue weighted by Crippen LogP contribution is 2.11. The Morgan fingerprint density at radius 2 is 1.33 bits per heavy atom. The Labute approximate surface area is 106 Å². The number of nitrogens with zero attached hydrogens (tertiary/aromatic N) is 1. The van der Waals surface area contributed by atoms with Gasteiger partial charge in [-0.3, -0.25) is 4.79 Å². The molecule has 18 heavy (non-hydrogen) atoms. The molecule has 0 radical (unpaired) electrons. The standard InChI is InChI=1S/C16H9NO/c1-2-12-3-7-14(8-4-12)16(18)15-9-5-13(11-17)6-10-15/h1,3-10H. The van der Waals surface area contributed by atoms with Crippen LogP contribution >= 0.6 is 0 Å². The van der Waals surface area contributed by atoms with Gasteiger partial charge in [0.25, 0.3) is 0 Å². The number of benzene rings is 2. The van der Waals surface area contributed by atoms with E-state index < -0.39 is 0 Å². The summed E-state index contributed by atoms with van der Waals surface area (Å²) in [6.45, 7) is 0. The molecule has 0 heterocycles. The highest BCUT2D eigenvalue weighted by molar-refractivity contribution is 6.09. The first-order valence-electron chi connectivity index (χ1n) is 5.36. The lowest BCUT2D eigenvalue weighted by atomic mass is 10.0. The van der Waals surface area contributed by atoms with Crippen molar-refractivity contribution < 1.29 is 4.79 Å². The number of hydrogen-bond donors (Lipinski definition) is 0. The molecule has 0 aromatic heterocycles. The summed E-state index contributed by atoms with van der Waals surface area (Å²) in [5.74, 6) is 2.42. The molecule has 0 atom stereocenters. The van der Waals surface area contributed by atoms with E-state index in [0.29, 0.717) is 16.7 Å². The Morgan fingerprint density at radius 1 is 0.889 bits per heavy atom. The molecule has 0 unspecified atom stereocenters. The first-order valence-corrected chi connectivity index (χ1v) is 5.36. The first-order chi connectivity index (χ1) is 8.74. The monoisotopic (exact) mass is 231 g/mol. The van der Waals surface area contributed by atoms with Gasteiger partial charge in [0.1, 0.15) is 0 Å². The van der Waals surface area contributed by atoms with Crippen LogP contribution in [-0.4, -0.2) is 5.78 Å². The van der Waals surface area contributed by atoms with Crippen LogP contribution in [0.1, 0.15) is 27.0 Å². The quantitative estimate of drug-likeness (QED) is 0.589. The molecule has 0 fully saturated rings. The molecule has 0 aliphatic rings. The molecule has 0 aliphatic heterocycles. The second-order valence-electron chi connectivity index (χ2n) is 3.74. The highest BCUT2D eigenvalue weighted by atomic mass is 16.1. The largest absolute Gasteiger partial charge is 0.289 e. The van der Waals surface area contributed by atoms with Crippen molar-refractivity contribution in [2.45, 2.75) is 0 Å². The van der Waals surface area contributed by atoms with Crippen molar-refractivity contribution in [2.75, 3.05) is 0 Å². The van der Waals surface area contributed by atoms with Gasteiger partial charge in [-0.1, -0.05) is 5.92 Å². The number of carbonyl (C=O) groups is 1. The van der Waals surface area contributed by atoms with E-state index >= 15 is 0 Å². The minimum atomic E-state index is -0.0805. The van der Waals surface area contributed by atoms with E-state index in [1.807, 2.05) is 6.07 Å². The lowest BCUT2D eigenvalue weighted by Gasteiger charge is -2.01. The zero-order chi connectivity index (χ0) is 13.0. The van der Waals surface area contributed by atoms with Gasteiger partial charge in [-0.25, -0.2) is 0 Å². The third kappa shape index (κ3) is 2.29. The van der Waals surface area contributed by atoms with E-state index in [1.54, 1.807) is 48.5 Å². The van der Waals surface area contributed by atoms with E-state index in [4.69, 9.17) is 11.7 Å². The number of terminal acetylenes is 1. The predicted octanol–water partition coefficient (Wildman–Crippen LogP) is 2.77. The van der Waals surface area contributed by atoms with Gasteiger partial charge in [0.05, 0.1) is 11.6 Å². The zero-order valence-electron chi connectivity index (χ0n) is 9.55. The van der Waals surface area contributed by atoms with Crippen molar-refractivity contribution >= 4 is 5.78 Å². The van der Waals surface area contributed by atoms with E-state index in [-0.39, 0.29) is 5.78 Å². The smallest absolute Gasteiger partial charge is 0.193 e. The Hall–Kier alpha value is -2.84.